The number of hydrogen-bond acceptors (Lipinski definition) is 3. The average Bonchev–Trinajstić information content (AvgIpc) is 2.81. The molecule has 0 aliphatic carbocycles. The van der Waals surface area contributed by atoms with Gasteiger partial charge in [0.25, 0.3) is 0 Å². The van der Waals surface area contributed by atoms with Gasteiger partial charge in [0, 0.05) is 11.1 Å². The van der Waals surface area contributed by atoms with E-state index in [1.807, 2.05) is 42.5 Å². The van der Waals surface area contributed by atoms with Crippen molar-refractivity contribution in [2.24, 2.45) is 5.73 Å². The molecule has 1 unspecified atom stereocenters. The summed E-state index contributed by atoms with van der Waals surface area (Å²) in [4.78, 5) is 23.0. The lowest BCUT2D eigenvalue weighted by Crippen LogP contribution is -2.12. The molecule has 3 aromatic rings. The Hall–Kier alpha value is -3.40. The van der Waals surface area contributed by atoms with Crippen molar-refractivity contribution in [1.82, 2.24) is 0 Å². The summed E-state index contributed by atoms with van der Waals surface area (Å²) in [6.07, 6.45) is 5.46. The zero-order chi connectivity index (χ0) is 23.8. The molecule has 0 aliphatic heterocycles. The molecule has 0 saturated carbocycles. The van der Waals surface area contributed by atoms with Crippen LogP contribution in [0.1, 0.15) is 83.9 Å². The molecule has 0 radical (unpaired) electrons. The number of ketones is 1. The standard InChI is InChI=1S/C29H33NO3/c1-4-5-6-7-8-28(24-13-15-25(16-14-24)29(30)32)33-26-17-18-27(20(2)19-26)23-11-9-22(10-12-23)21(3)31/h9-19,28H,4-8H2,1-3H3,(H2,30,32). The van der Waals surface area contributed by atoms with Crippen LogP contribution in [0.2, 0.25) is 0 Å². The molecule has 0 fully saturated rings. The molecule has 0 saturated heterocycles. The Balaban J connectivity index is 1.80. The van der Waals surface area contributed by atoms with Gasteiger partial charge in [-0.05, 0) is 73.2 Å². The molecule has 4 nitrogen and oxygen atoms in total. The van der Waals surface area contributed by atoms with Crippen molar-refractivity contribution in [3.63, 3.8) is 0 Å². The first-order valence-corrected chi connectivity index (χ1v) is 11.7. The van der Waals surface area contributed by atoms with Crippen LogP contribution >= 0.6 is 0 Å². The number of primary amides is 1. The van der Waals surface area contributed by atoms with Gasteiger partial charge in [0.1, 0.15) is 11.9 Å². The highest BCUT2D eigenvalue weighted by atomic mass is 16.5. The third-order valence-corrected chi connectivity index (χ3v) is 5.97. The highest BCUT2D eigenvalue weighted by Crippen LogP contribution is 2.31. The predicted octanol–water partition coefficient (Wildman–Crippen LogP) is 7.05. The fourth-order valence-electron chi connectivity index (χ4n) is 3.99. The Morgan fingerprint density at radius 3 is 2.12 bits per heavy atom. The van der Waals surface area contributed by atoms with E-state index in [-0.39, 0.29) is 11.9 Å². The van der Waals surface area contributed by atoms with E-state index in [1.54, 1.807) is 19.1 Å². The molecule has 1 amide bonds. The molecule has 3 rings (SSSR count). The summed E-state index contributed by atoms with van der Waals surface area (Å²) in [6.45, 7) is 5.85. The average molecular weight is 444 g/mol. The molecular formula is C29H33NO3. The molecule has 0 aromatic heterocycles. The Bertz CT molecular complexity index is 1080. The number of nitrogens with two attached hydrogens (primary N) is 1. The summed E-state index contributed by atoms with van der Waals surface area (Å²) in [7, 11) is 0. The maximum Gasteiger partial charge on any atom is 0.248 e. The maximum atomic E-state index is 11.5. The minimum atomic E-state index is -0.426. The summed E-state index contributed by atoms with van der Waals surface area (Å²) >= 11 is 0. The number of unbranched alkanes of at least 4 members (excludes halogenated alkanes) is 3. The second-order valence-electron chi connectivity index (χ2n) is 8.55. The minimum Gasteiger partial charge on any atom is -0.486 e. The van der Waals surface area contributed by atoms with Crippen molar-refractivity contribution in [3.05, 3.63) is 89.0 Å². The molecule has 33 heavy (non-hydrogen) atoms. The van der Waals surface area contributed by atoms with E-state index < -0.39 is 5.91 Å². The number of carbonyl (C=O) groups excluding carboxylic acids is 2. The lowest BCUT2D eigenvalue weighted by atomic mass is 9.98. The fourth-order valence-corrected chi connectivity index (χ4v) is 3.99. The lowest BCUT2D eigenvalue weighted by molar-refractivity contribution is 0.0996. The van der Waals surface area contributed by atoms with E-state index in [9.17, 15) is 9.59 Å². The number of rotatable bonds is 11. The van der Waals surface area contributed by atoms with Crippen LogP contribution in [0.3, 0.4) is 0 Å². The van der Waals surface area contributed by atoms with Gasteiger partial charge in [0.2, 0.25) is 5.91 Å². The van der Waals surface area contributed by atoms with Crippen LogP contribution in [0.25, 0.3) is 11.1 Å². The second-order valence-corrected chi connectivity index (χ2v) is 8.55. The van der Waals surface area contributed by atoms with Crippen molar-refractivity contribution in [3.8, 4) is 16.9 Å². The molecule has 2 N–H and O–H groups in total. The molecule has 0 aliphatic rings. The van der Waals surface area contributed by atoms with E-state index in [0.717, 1.165) is 40.8 Å². The highest BCUT2D eigenvalue weighted by Gasteiger charge is 2.15. The summed E-state index contributed by atoms with van der Waals surface area (Å²) in [6, 6.07) is 21.2. The Kier molecular flexibility index (Phi) is 8.42. The summed E-state index contributed by atoms with van der Waals surface area (Å²) < 4.78 is 6.44. The quantitative estimate of drug-likeness (QED) is 0.255. The van der Waals surface area contributed by atoms with E-state index in [1.165, 1.54) is 19.3 Å². The van der Waals surface area contributed by atoms with Crippen LogP contribution in [-0.2, 0) is 0 Å². The molecule has 4 heteroatoms. The van der Waals surface area contributed by atoms with Crippen molar-refractivity contribution >= 4 is 11.7 Å². The molecular weight excluding hydrogens is 410 g/mol. The molecule has 1 atom stereocenters. The smallest absolute Gasteiger partial charge is 0.248 e. The number of aryl methyl sites for hydroxylation is 1. The van der Waals surface area contributed by atoms with Crippen LogP contribution in [0.4, 0.5) is 0 Å². The number of amides is 1. The van der Waals surface area contributed by atoms with Gasteiger partial charge in [0.05, 0.1) is 0 Å². The molecule has 0 heterocycles. The normalized spacial score (nSPS) is 11.7. The van der Waals surface area contributed by atoms with Crippen LogP contribution in [0, 0.1) is 6.92 Å². The monoisotopic (exact) mass is 443 g/mol. The summed E-state index contributed by atoms with van der Waals surface area (Å²) in [5, 5.41) is 0. The van der Waals surface area contributed by atoms with Crippen molar-refractivity contribution in [2.45, 2.75) is 59.0 Å². The second kappa shape index (κ2) is 11.5. The first kappa shape index (κ1) is 24.2. The Labute approximate surface area is 196 Å². The topological polar surface area (TPSA) is 69.4 Å². The zero-order valence-electron chi connectivity index (χ0n) is 19.8. The Morgan fingerprint density at radius 1 is 0.879 bits per heavy atom. The van der Waals surface area contributed by atoms with E-state index >= 15 is 0 Å². The molecule has 172 valence electrons. The van der Waals surface area contributed by atoms with Gasteiger partial charge in [0.15, 0.2) is 5.78 Å². The summed E-state index contributed by atoms with van der Waals surface area (Å²) in [5.74, 6) is 0.455. The predicted molar refractivity (Wildman–Crippen MR) is 134 cm³/mol. The number of Topliss-reactive ketones (excluding diaryl/α,β-unsaturated/α-hetero) is 1. The molecule has 0 spiro atoms. The largest absolute Gasteiger partial charge is 0.486 e. The van der Waals surface area contributed by atoms with Crippen LogP contribution < -0.4 is 10.5 Å². The highest BCUT2D eigenvalue weighted by molar-refractivity contribution is 5.94. The Morgan fingerprint density at radius 2 is 1.55 bits per heavy atom. The van der Waals surface area contributed by atoms with Gasteiger partial charge in [-0.15, -0.1) is 0 Å². The van der Waals surface area contributed by atoms with E-state index in [4.69, 9.17) is 10.5 Å². The third kappa shape index (κ3) is 6.55. The molecule has 0 bridgehead atoms. The summed E-state index contributed by atoms with van der Waals surface area (Å²) in [5.41, 5.74) is 10.9. The van der Waals surface area contributed by atoms with Gasteiger partial charge < -0.3 is 10.5 Å². The van der Waals surface area contributed by atoms with Gasteiger partial charge in [-0.1, -0.05) is 68.7 Å². The lowest BCUT2D eigenvalue weighted by Gasteiger charge is -2.21. The van der Waals surface area contributed by atoms with Crippen LogP contribution in [0.15, 0.2) is 66.7 Å². The molecule has 3 aromatic carbocycles. The van der Waals surface area contributed by atoms with Crippen molar-refractivity contribution < 1.29 is 14.3 Å². The number of benzene rings is 3. The first-order valence-electron chi connectivity index (χ1n) is 11.7. The van der Waals surface area contributed by atoms with E-state index in [2.05, 4.69) is 26.0 Å². The zero-order valence-corrected chi connectivity index (χ0v) is 19.8. The fraction of sp³-hybridized carbons (Fsp3) is 0.310. The van der Waals surface area contributed by atoms with Gasteiger partial charge >= 0.3 is 0 Å². The first-order chi connectivity index (χ1) is 15.9. The maximum absolute atomic E-state index is 11.5. The van der Waals surface area contributed by atoms with Gasteiger partial charge in [-0.25, -0.2) is 0 Å². The third-order valence-electron chi connectivity index (χ3n) is 5.97. The van der Waals surface area contributed by atoms with Crippen LogP contribution in [0.5, 0.6) is 5.75 Å². The van der Waals surface area contributed by atoms with Crippen molar-refractivity contribution in [2.75, 3.05) is 0 Å². The number of hydrogen-bond donors (Lipinski definition) is 1. The van der Waals surface area contributed by atoms with Gasteiger partial charge in [-0.2, -0.15) is 0 Å². The van der Waals surface area contributed by atoms with E-state index in [0.29, 0.717) is 11.1 Å². The number of carbonyl (C=O) groups is 2. The van der Waals surface area contributed by atoms with Gasteiger partial charge in [-0.3, -0.25) is 9.59 Å². The SMILES string of the molecule is CCCCCCC(Oc1ccc(-c2ccc(C(C)=O)cc2)c(C)c1)c1ccc(C(N)=O)cc1. The number of ether oxygens (including phenoxy) is 1. The van der Waals surface area contributed by atoms with Crippen molar-refractivity contribution in [1.29, 1.82) is 0 Å². The van der Waals surface area contributed by atoms with Crippen LogP contribution in [-0.4, -0.2) is 11.7 Å². The minimum absolute atomic E-state index is 0.0656.